The molecule has 1 aromatic carbocycles. The number of rotatable bonds is 10. The second-order valence-electron chi connectivity index (χ2n) is 7.62. The van der Waals surface area contributed by atoms with E-state index >= 15 is 0 Å². The summed E-state index contributed by atoms with van der Waals surface area (Å²) in [6.07, 6.45) is 11.5. The average Bonchev–Trinajstić information content (AvgIpc) is 2.60. The number of hydrogen-bond acceptors (Lipinski definition) is 4. The molecule has 0 unspecified atom stereocenters. The van der Waals surface area contributed by atoms with E-state index in [2.05, 4.69) is 45.9 Å². The Morgan fingerprint density at radius 3 is 1.97 bits per heavy atom. The van der Waals surface area contributed by atoms with E-state index in [4.69, 9.17) is 9.47 Å². The molecule has 0 amide bonds. The molecule has 0 heterocycles. The summed E-state index contributed by atoms with van der Waals surface area (Å²) >= 11 is 0. The van der Waals surface area contributed by atoms with Crippen molar-refractivity contribution in [3.63, 3.8) is 0 Å². The Labute approximate surface area is 175 Å². The Morgan fingerprint density at radius 2 is 1.38 bits per heavy atom. The zero-order chi connectivity index (χ0) is 21.8. The second kappa shape index (κ2) is 12.8. The number of benzene rings is 1. The van der Waals surface area contributed by atoms with Gasteiger partial charge in [-0.15, -0.1) is 0 Å². The van der Waals surface area contributed by atoms with Crippen LogP contribution in [0, 0.1) is 0 Å². The van der Waals surface area contributed by atoms with Crippen molar-refractivity contribution in [1.29, 1.82) is 0 Å². The summed E-state index contributed by atoms with van der Waals surface area (Å²) in [6, 6.07) is 5.04. The minimum atomic E-state index is -0.380. The van der Waals surface area contributed by atoms with E-state index in [1.165, 1.54) is 30.6 Å². The van der Waals surface area contributed by atoms with Crippen LogP contribution in [0.25, 0.3) is 0 Å². The van der Waals surface area contributed by atoms with E-state index in [1.54, 1.807) is 18.2 Å². The van der Waals surface area contributed by atoms with Gasteiger partial charge in [-0.1, -0.05) is 34.9 Å². The van der Waals surface area contributed by atoms with E-state index < -0.39 is 0 Å². The van der Waals surface area contributed by atoms with Gasteiger partial charge in [0, 0.05) is 19.4 Å². The van der Waals surface area contributed by atoms with Crippen molar-refractivity contribution in [3.8, 4) is 11.5 Å². The van der Waals surface area contributed by atoms with Crippen LogP contribution in [0.4, 0.5) is 0 Å². The SMILES string of the molecule is CC(=O)Oc1ccc(OC(C)=O)c(C/C=C(\C)CC/C=C(\C)CCC=C(C)C)c1. The summed E-state index contributed by atoms with van der Waals surface area (Å²) in [6.45, 7) is 11.3. The zero-order valence-electron chi connectivity index (χ0n) is 18.6. The summed E-state index contributed by atoms with van der Waals surface area (Å²) in [5, 5.41) is 0. The molecule has 0 N–H and O–H groups in total. The Morgan fingerprint density at radius 1 is 0.793 bits per heavy atom. The number of ether oxygens (including phenoxy) is 2. The third kappa shape index (κ3) is 11.1. The van der Waals surface area contributed by atoms with E-state index in [0.717, 1.165) is 31.2 Å². The molecule has 0 atom stereocenters. The number of esters is 2. The van der Waals surface area contributed by atoms with Crippen molar-refractivity contribution in [3.05, 3.63) is 58.7 Å². The van der Waals surface area contributed by atoms with Crippen LogP contribution in [0.1, 0.15) is 72.8 Å². The monoisotopic (exact) mass is 398 g/mol. The normalized spacial score (nSPS) is 11.8. The predicted molar refractivity (Wildman–Crippen MR) is 118 cm³/mol. The zero-order valence-corrected chi connectivity index (χ0v) is 18.6. The van der Waals surface area contributed by atoms with Crippen LogP contribution in [-0.4, -0.2) is 11.9 Å². The van der Waals surface area contributed by atoms with Crippen LogP contribution >= 0.6 is 0 Å². The first-order chi connectivity index (χ1) is 13.7. The highest BCUT2D eigenvalue weighted by molar-refractivity contribution is 5.71. The second-order valence-corrected chi connectivity index (χ2v) is 7.62. The lowest BCUT2D eigenvalue weighted by molar-refractivity contribution is -0.133. The van der Waals surface area contributed by atoms with Gasteiger partial charge in [0.1, 0.15) is 11.5 Å². The Hall–Kier alpha value is -2.62. The minimum Gasteiger partial charge on any atom is -0.427 e. The Balaban J connectivity index is 2.72. The van der Waals surface area contributed by atoms with Gasteiger partial charge < -0.3 is 9.47 Å². The van der Waals surface area contributed by atoms with E-state index in [9.17, 15) is 9.59 Å². The van der Waals surface area contributed by atoms with Crippen molar-refractivity contribution in [2.75, 3.05) is 0 Å². The largest absolute Gasteiger partial charge is 0.427 e. The first kappa shape index (κ1) is 24.4. The average molecular weight is 399 g/mol. The molecular weight excluding hydrogens is 364 g/mol. The molecule has 0 radical (unpaired) electrons. The van der Waals surface area contributed by atoms with E-state index in [1.807, 2.05) is 0 Å². The molecular formula is C25H34O4. The number of hydrogen-bond donors (Lipinski definition) is 0. The molecule has 4 heteroatoms. The first-order valence-corrected chi connectivity index (χ1v) is 10.1. The van der Waals surface area contributed by atoms with Crippen LogP contribution in [0.5, 0.6) is 11.5 Å². The van der Waals surface area contributed by atoms with Gasteiger partial charge in [0.05, 0.1) is 0 Å². The van der Waals surface area contributed by atoms with Crippen LogP contribution < -0.4 is 9.47 Å². The van der Waals surface area contributed by atoms with Crippen LogP contribution in [0.2, 0.25) is 0 Å². The summed E-state index contributed by atoms with van der Waals surface area (Å²) < 4.78 is 10.4. The molecule has 0 aliphatic carbocycles. The van der Waals surface area contributed by atoms with Gasteiger partial charge in [-0.2, -0.15) is 0 Å². The van der Waals surface area contributed by atoms with Crippen LogP contribution in [-0.2, 0) is 16.0 Å². The lowest BCUT2D eigenvalue weighted by Crippen LogP contribution is -2.06. The number of carbonyl (C=O) groups excluding carboxylic acids is 2. The van der Waals surface area contributed by atoms with Gasteiger partial charge in [0.25, 0.3) is 0 Å². The van der Waals surface area contributed by atoms with Crippen molar-refractivity contribution in [2.24, 2.45) is 0 Å². The first-order valence-electron chi connectivity index (χ1n) is 10.1. The van der Waals surface area contributed by atoms with E-state index in [0.29, 0.717) is 17.9 Å². The molecule has 1 aromatic rings. The maximum Gasteiger partial charge on any atom is 0.308 e. The fourth-order valence-corrected chi connectivity index (χ4v) is 2.82. The lowest BCUT2D eigenvalue weighted by Gasteiger charge is -2.10. The van der Waals surface area contributed by atoms with E-state index in [-0.39, 0.29) is 11.9 Å². The van der Waals surface area contributed by atoms with Gasteiger partial charge in [0.15, 0.2) is 0 Å². The van der Waals surface area contributed by atoms with Gasteiger partial charge in [0.2, 0.25) is 0 Å². The Bertz CT molecular complexity index is 793. The molecule has 1 rings (SSSR count). The summed E-state index contributed by atoms with van der Waals surface area (Å²) in [7, 11) is 0. The van der Waals surface area contributed by atoms with Crippen molar-refractivity contribution in [2.45, 2.75) is 73.6 Å². The Kier molecular flexibility index (Phi) is 10.7. The molecule has 0 aliphatic rings. The van der Waals surface area contributed by atoms with Crippen LogP contribution in [0.15, 0.2) is 53.1 Å². The fourth-order valence-electron chi connectivity index (χ4n) is 2.82. The fraction of sp³-hybridized carbons (Fsp3) is 0.440. The molecule has 0 aromatic heterocycles. The van der Waals surface area contributed by atoms with Gasteiger partial charge in [-0.25, -0.2) is 0 Å². The maximum absolute atomic E-state index is 11.4. The van der Waals surface area contributed by atoms with Crippen molar-refractivity contribution in [1.82, 2.24) is 0 Å². The summed E-state index contributed by atoms with van der Waals surface area (Å²) in [5.41, 5.74) is 4.86. The molecule has 0 saturated carbocycles. The highest BCUT2D eigenvalue weighted by atomic mass is 16.5. The highest BCUT2D eigenvalue weighted by Gasteiger charge is 2.09. The van der Waals surface area contributed by atoms with Crippen molar-refractivity contribution >= 4 is 11.9 Å². The maximum atomic E-state index is 11.4. The molecule has 0 aliphatic heterocycles. The number of carbonyl (C=O) groups is 2. The third-order valence-electron chi connectivity index (χ3n) is 4.34. The smallest absolute Gasteiger partial charge is 0.308 e. The minimum absolute atomic E-state index is 0.374. The van der Waals surface area contributed by atoms with Gasteiger partial charge >= 0.3 is 11.9 Å². The quantitative estimate of drug-likeness (QED) is 0.256. The third-order valence-corrected chi connectivity index (χ3v) is 4.34. The van der Waals surface area contributed by atoms with Gasteiger partial charge in [-0.3, -0.25) is 9.59 Å². The molecule has 4 nitrogen and oxygen atoms in total. The lowest BCUT2D eigenvalue weighted by atomic mass is 10.0. The molecule has 0 bridgehead atoms. The van der Waals surface area contributed by atoms with Crippen LogP contribution in [0.3, 0.4) is 0 Å². The topological polar surface area (TPSA) is 52.6 Å². The predicted octanol–water partition coefficient (Wildman–Crippen LogP) is 6.50. The molecule has 0 saturated heterocycles. The summed E-state index contributed by atoms with van der Waals surface area (Å²) in [5.74, 6) is 0.187. The molecule has 0 fully saturated rings. The molecule has 29 heavy (non-hydrogen) atoms. The van der Waals surface area contributed by atoms with Crippen molar-refractivity contribution < 1.29 is 19.1 Å². The molecule has 0 spiro atoms. The summed E-state index contributed by atoms with van der Waals surface area (Å²) in [4.78, 5) is 22.5. The highest BCUT2D eigenvalue weighted by Crippen LogP contribution is 2.26. The molecule has 158 valence electrons. The number of allylic oxidation sites excluding steroid dienone is 6. The van der Waals surface area contributed by atoms with Gasteiger partial charge in [-0.05, 0) is 78.0 Å². The standard InChI is InChI=1S/C25H34O4/c1-18(2)9-7-10-19(3)11-8-12-20(4)13-14-23-17-24(28-21(5)26)15-16-25(23)29-22(6)27/h9,11,13,15-17H,7-8,10,12,14H2,1-6H3/b19-11+,20-13+.